The zero-order valence-corrected chi connectivity index (χ0v) is 73.3. The van der Waals surface area contributed by atoms with Crippen LogP contribution in [0.25, 0.3) is 199 Å². The maximum absolute atomic E-state index is 6.12. The van der Waals surface area contributed by atoms with Crippen molar-refractivity contribution in [3.63, 3.8) is 0 Å². The lowest BCUT2D eigenvalue weighted by Crippen LogP contribution is -2.17. The predicted octanol–water partition coefficient (Wildman–Crippen LogP) is 35.4. The molecule has 6 heteroatoms. The van der Waals surface area contributed by atoms with Crippen LogP contribution in [0.1, 0.15) is 25.0 Å². The monoisotopic (exact) mass is 1700 g/mol. The first-order valence-corrected chi connectivity index (χ1v) is 45.7. The van der Waals surface area contributed by atoms with E-state index in [1.807, 2.05) is 24.3 Å². The first-order chi connectivity index (χ1) is 65.7. The number of hydrogen-bond donors (Lipinski definition) is 0. The molecule has 0 amide bonds. The molecular formula is C127H86N4O2. The lowest BCUT2D eigenvalue weighted by Gasteiger charge is -2.28. The van der Waals surface area contributed by atoms with E-state index in [1.165, 1.54) is 160 Å². The Bertz CT molecular complexity index is 8700. The number of anilines is 6. The minimum atomic E-state index is -0.257. The number of furan rings is 2. The summed E-state index contributed by atoms with van der Waals surface area (Å²) >= 11 is 0. The topological polar surface area (TPSA) is 42.6 Å². The summed E-state index contributed by atoms with van der Waals surface area (Å²) in [6.45, 7) is 4.78. The van der Waals surface area contributed by atoms with Crippen LogP contribution in [-0.2, 0) is 5.41 Å². The first kappa shape index (κ1) is 78.0. The molecule has 4 heterocycles. The van der Waals surface area contributed by atoms with Gasteiger partial charge in [0.2, 0.25) is 0 Å². The van der Waals surface area contributed by atoms with Crippen molar-refractivity contribution in [1.82, 2.24) is 9.13 Å². The molecule has 0 aliphatic heterocycles. The summed E-state index contributed by atoms with van der Waals surface area (Å²) in [6, 6.07) is 176. The summed E-state index contributed by atoms with van der Waals surface area (Å²) in [7, 11) is 0. The molecule has 1 aliphatic rings. The van der Waals surface area contributed by atoms with E-state index in [1.54, 1.807) is 0 Å². The van der Waals surface area contributed by atoms with Gasteiger partial charge in [0.25, 0.3) is 0 Å². The second-order valence-electron chi connectivity index (χ2n) is 35.5. The van der Waals surface area contributed by atoms with Crippen LogP contribution in [-0.4, -0.2) is 9.13 Å². The van der Waals surface area contributed by atoms with Gasteiger partial charge in [0, 0.05) is 93.7 Å². The molecule has 21 aromatic carbocycles. The maximum atomic E-state index is 6.12. The molecule has 133 heavy (non-hydrogen) atoms. The average molecular weight is 1700 g/mol. The van der Waals surface area contributed by atoms with Crippen LogP contribution in [0.2, 0.25) is 0 Å². The molecule has 0 N–H and O–H groups in total. The fraction of sp³-hybridized carbons (Fsp3) is 0.0236. The zero-order valence-electron chi connectivity index (χ0n) is 73.3. The third-order valence-corrected chi connectivity index (χ3v) is 27.4. The zero-order chi connectivity index (χ0) is 88.2. The van der Waals surface area contributed by atoms with Crippen molar-refractivity contribution in [3.05, 3.63) is 496 Å². The highest BCUT2D eigenvalue weighted by molar-refractivity contribution is 6.13. The quantitative estimate of drug-likeness (QED) is 0.103. The highest BCUT2D eigenvalue weighted by atomic mass is 16.3. The molecule has 0 atom stereocenters. The van der Waals surface area contributed by atoms with Gasteiger partial charge in [-0.25, -0.2) is 0 Å². The smallest absolute Gasteiger partial charge is 0.135 e. The number of aromatic nitrogens is 2. The third-order valence-electron chi connectivity index (χ3n) is 27.4. The average Bonchev–Trinajstić information content (AvgIpc) is 1.55. The van der Waals surface area contributed by atoms with Crippen LogP contribution in [0.15, 0.2) is 494 Å². The Kier molecular flexibility index (Phi) is 18.9. The summed E-state index contributed by atoms with van der Waals surface area (Å²) < 4.78 is 17.0. The van der Waals surface area contributed by atoms with Gasteiger partial charge < -0.3 is 27.8 Å². The summed E-state index contributed by atoms with van der Waals surface area (Å²) in [5, 5.41) is 12.0. The molecule has 0 saturated heterocycles. The highest BCUT2D eigenvalue weighted by Crippen LogP contribution is 2.53. The van der Waals surface area contributed by atoms with Crippen LogP contribution in [0.4, 0.5) is 34.1 Å². The largest absolute Gasteiger partial charge is 0.456 e. The number of para-hydroxylation sites is 5. The molecule has 626 valence electrons. The number of fused-ring (bicyclic) bond motifs is 16. The van der Waals surface area contributed by atoms with Crippen molar-refractivity contribution in [2.24, 2.45) is 0 Å². The van der Waals surface area contributed by atoms with Crippen molar-refractivity contribution >= 4 is 132 Å². The second-order valence-corrected chi connectivity index (χ2v) is 35.5. The Morgan fingerprint density at radius 2 is 0.496 bits per heavy atom. The van der Waals surface area contributed by atoms with Crippen molar-refractivity contribution in [2.75, 3.05) is 9.80 Å². The van der Waals surface area contributed by atoms with Crippen LogP contribution >= 0.6 is 0 Å². The fourth-order valence-corrected chi connectivity index (χ4v) is 20.7. The maximum Gasteiger partial charge on any atom is 0.135 e. The van der Waals surface area contributed by atoms with Gasteiger partial charge in [0.1, 0.15) is 22.3 Å². The standard InChI is InChI=1S/C69H48N2O.C58H38N2O/c1-69(2)63-43-55(70(53-31-25-47(26-32-53)45-13-5-3-6-14-45)54-33-27-48(28-34-54)46-15-7-4-8-16-46)35-37-57(63)58-38-36-56(44-64(58)69)71-65-19-11-9-17-59(65)61-41-51(29-39-66(61)71)49-21-23-50(24-22-49)52-30-40-68-62(42-52)60-18-10-12-20-67(60)72-68;1-2-13-46(14-3-1)59(54-19-10-12-43-11-4-5-15-49(43)54)47-31-25-39(26-32-47)40-27-33-48(34-28-40)60-55-18-8-6-16-50(55)52-37-44(29-35-56(52)60)41-21-23-42(24-22-41)45-30-36-58-53(38-45)51-17-7-9-20-57(51)61-58/h3-44H,1-2H3;1-38H. The first-order valence-electron chi connectivity index (χ1n) is 45.7. The Balaban J connectivity index is 0.000000145. The van der Waals surface area contributed by atoms with E-state index in [-0.39, 0.29) is 5.41 Å². The van der Waals surface area contributed by atoms with Gasteiger partial charge >= 0.3 is 0 Å². The molecule has 0 fully saturated rings. The Morgan fingerprint density at radius 1 is 0.188 bits per heavy atom. The lowest BCUT2D eigenvalue weighted by molar-refractivity contribution is 0.660. The molecule has 0 radical (unpaired) electrons. The van der Waals surface area contributed by atoms with Crippen LogP contribution < -0.4 is 9.80 Å². The van der Waals surface area contributed by atoms with Crippen LogP contribution in [0.5, 0.6) is 0 Å². The van der Waals surface area contributed by atoms with E-state index in [4.69, 9.17) is 8.83 Å². The molecule has 25 aromatic rings. The minimum Gasteiger partial charge on any atom is -0.456 e. The van der Waals surface area contributed by atoms with E-state index < -0.39 is 0 Å². The van der Waals surface area contributed by atoms with Crippen molar-refractivity contribution in [2.45, 2.75) is 19.3 Å². The number of rotatable bonds is 15. The van der Waals surface area contributed by atoms with E-state index in [0.717, 1.165) is 83.7 Å². The fourth-order valence-electron chi connectivity index (χ4n) is 20.7. The van der Waals surface area contributed by atoms with Crippen molar-refractivity contribution in [3.8, 4) is 100 Å². The summed E-state index contributed by atoms with van der Waals surface area (Å²) in [5.74, 6) is 0. The second kappa shape index (κ2) is 32.2. The number of nitrogens with zero attached hydrogens (tertiary/aromatic N) is 4. The molecular weight excluding hydrogens is 1610 g/mol. The highest BCUT2D eigenvalue weighted by Gasteiger charge is 2.37. The minimum absolute atomic E-state index is 0.257. The number of benzene rings is 21. The van der Waals surface area contributed by atoms with Gasteiger partial charge in [-0.3, -0.25) is 0 Å². The lowest BCUT2D eigenvalue weighted by atomic mass is 9.82. The van der Waals surface area contributed by atoms with Gasteiger partial charge in [-0.2, -0.15) is 0 Å². The Labute approximate surface area is 770 Å². The van der Waals surface area contributed by atoms with E-state index in [2.05, 4.69) is 494 Å². The molecule has 1 aliphatic carbocycles. The van der Waals surface area contributed by atoms with Crippen LogP contribution in [0.3, 0.4) is 0 Å². The molecule has 26 rings (SSSR count). The van der Waals surface area contributed by atoms with Crippen LogP contribution in [0, 0.1) is 0 Å². The third kappa shape index (κ3) is 13.7. The van der Waals surface area contributed by atoms with Gasteiger partial charge in [0.15, 0.2) is 0 Å². The summed E-state index contributed by atoms with van der Waals surface area (Å²) in [5.41, 5.74) is 39.2. The summed E-state index contributed by atoms with van der Waals surface area (Å²) in [6.07, 6.45) is 0. The molecule has 4 aromatic heterocycles. The van der Waals surface area contributed by atoms with Gasteiger partial charge in [-0.1, -0.05) is 335 Å². The Morgan fingerprint density at radius 3 is 0.985 bits per heavy atom. The molecule has 0 unspecified atom stereocenters. The Hall–Kier alpha value is -17.3. The predicted molar refractivity (Wildman–Crippen MR) is 559 cm³/mol. The van der Waals surface area contributed by atoms with Gasteiger partial charge in [-0.05, 0) is 269 Å². The van der Waals surface area contributed by atoms with E-state index in [9.17, 15) is 0 Å². The van der Waals surface area contributed by atoms with Crippen molar-refractivity contribution in [1.29, 1.82) is 0 Å². The molecule has 0 bridgehead atoms. The normalized spacial score (nSPS) is 12.2. The van der Waals surface area contributed by atoms with Crippen molar-refractivity contribution < 1.29 is 8.83 Å². The summed E-state index contributed by atoms with van der Waals surface area (Å²) in [4.78, 5) is 4.75. The molecule has 6 nitrogen and oxygen atoms in total. The van der Waals surface area contributed by atoms with Gasteiger partial charge in [-0.15, -0.1) is 0 Å². The van der Waals surface area contributed by atoms with E-state index >= 15 is 0 Å². The molecule has 0 saturated carbocycles. The van der Waals surface area contributed by atoms with Gasteiger partial charge in [0.05, 0.1) is 27.8 Å². The molecule has 0 spiro atoms. The van der Waals surface area contributed by atoms with E-state index in [0.29, 0.717) is 0 Å². The number of hydrogen-bond acceptors (Lipinski definition) is 4. The SMILES string of the molecule is CC1(C)c2cc(N(c3ccc(-c4ccccc4)cc3)c3ccc(-c4ccccc4)cc3)ccc2-c2ccc(-n3c4ccccc4c4cc(-c5ccc(-c6ccc7oc8ccccc8c7c6)cc5)ccc43)cc21.c1ccc(N(c2ccc(-c3ccc(-n4c5ccccc5c5cc(-c6ccc(-c7ccc8oc9ccccc9c8c7)cc6)ccc54)cc3)cc2)c2cccc3ccccc23)cc1.